The summed E-state index contributed by atoms with van der Waals surface area (Å²) in [7, 11) is 0. The Kier molecular flexibility index (Phi) is 3.15. The number of pyridine rings is 2. The van der Waals surface area contributed by atoms with Gasteiger partial charge < -0.3 is 4.90 Å². The van der Waals surface area contributed by atoms with Crippen LogP contribution in [0, 0.1) is 11.7 Å². The molecule has 1 aliphatic heterocycles. The number of rotatable bonds is 2. The average Bonchev–Trinajstić information content (AvgIpc) is 3.23. The van der Waals surface area contributed by atoms with Gasteiger partial charge in [0.2, 0.25) is 0 Å². The van der Waals surface area contributed by atoms with E-state index in [1.807, 2.05) is 6.07 Å². The topological polar surface area (TPSA) is 29.0 Å². The third-order valence-corrected chi connectivity index (χ3v) is 4.95. The monoisotopic (exact) mass is 367 g/mol. The van der Waals surface area contributed by atoms with E-state index in [1.165, 1.54) is 0 Å². The molecule has 3 nitrogen and oxygen atoms in total. The van der Waals surface area contributed by atoms with Gasteiger partial charge >= 0.3 is 0 Å². The van der Waals surface area contributed by atoms with E-state index in [4.69, 9.17) is 11.6 Å². The van der Waals surface area contributed by atoms with Crippen LogP contribution in [0.4, 0.5) is 10.1 Å². The predicted molar refractivity (Wildman–Crippen MR) is 83.0 cm³/mol. The van der Waals surface area contributed by atoms with Crippen molar-refractivity contribution in [2.75, 3.05) is 11.4 Å². The molecule has 2 aromatic rings. The van der Waals surface area contributed by atoms with Gasteiger partial charge in [-0.2, -0.15) is 0 Å². The van der Waals surface area contributed by atoms with Crippen LogP contribution in [0.15, 0.2) is 29.0 Å². The maximum Gasteiger partial charge on any atom is 0.158 e. The zero-order chi connectivity index (χ0) is 14.6. The van der Waals surface area contributed by atoms with Crippen molar-refractivity contribution in [1.29, 1.82) is 0 Å². The molecule has 0 unspecified atom stereocenters. The molecule has 6 heteroatoms. The van der Waals surface area contributed by atoms with Gasteiger partial charge in [0.05, 0.1) is 11.4 Å². The van der Waals surface area contributed by atoms with Crippen molar-refractivity contribution in [3.05, 3.63) is 51.2 Å². The van der Waals surface area contributed by atoms with Gasteiger partial charge in [0.1, 0.15) is 9.76 Å². The van der Waals surface area contributed by atoms with Crippen molar-refractivity contribution >= 4 is 33.2 Å². The van der Waals surface area contributed by atoms with Crippen LogP contribution in [0.2, 0.25) is 5.15 Å². The Hall–Kier alpha value is -1.20. The Morgan fingerprint density at radius 1 is 1.43 bits per heavy atom. The second-order valence-corrected chi connectivity index (χ2v) is 6.78. The third-order valence-electron chi connectivity index (χ3n) is 4.17. The van der Waals surface area contributed by atoms with Crippen molar-refractivity contribution in [3.8, 4) is 0 Å². The normalized spacial score (nSPS) is 22.7. The molecule has 108 valence electrons. The summed E-state index contributed by atoms with van der Waals surface area (Å²) in [5.41, 5.74) is 2.98. The highest BCUT2D eigenvalue weighted by molar-refractivity contribution is 9.10. The van der Waals surface area contributed by atoms with Crippen LogP contribution in [-0.4, -0.2) is 16.5 Å². The van der Waals surface area contributed by atoms with Crippen molar-refractivity contribution in [2.24, 2.45) is 5.92 Å². The summed E-state index contributed by atoms with van der Waals surface area (Å²) >= 11 is 9.00. The number of fused-ring (bicyclic) bond motifs is 3. The SMILES string of the molecule is Fc1cc2c(nc1Br)[C@H]1C[C@H]1CN2Cc1ccc(Cl)nc1. The quantitative estimate of drug-likeness (QED) is 0.746. The Balaban J connectivity index is 1.69. The third kappa shape index (κ3) is 2.42. The van der Waals surface area contributed by atoms with Crippen LogP contribution in [-0.2, 0) is 6.54 Å². The second kappa shape index (κ2) is 4.92. The summed E-state index contributed by atoms with van der Waals surface area (Å²) < 4.78 is 14.2. The van der Waals surface area contributed by atoms with Crippen molar-refractivity contribution in [3.63, 3.8) is 0 Å². The van der Waals surface area contributed by atoms with Crippen molar-refractivity contribution in [2.45, 2.75) is 18.9 Å². The van der Waals surface area contributed by atoms with Gasteiger partial charge in [-0.1, -0.05) is 17.7 Å². The van der Waals surface area contributed by atoms with Crippen LogP contribution in [0.5, 0.6) is 0 Å². The molecule has 0 bridgehead atoms. The summed E-state index contributed by atoms with van der Waals surface area (Å²) in [4.78, 5) is 10.7. The predicted octanol–water partition coefficient (Wildman–Crippen LogP) is 4.16. The van der Waals surface area contributed by atoms with E-state index in [-0.39, 0.29) is 5.82 Å². The van der Waals surface area contributed by atoms with E-state index in [1.54, 1.807) is 18.3 Å². The first-order valence-corrected chi connectivity index (χ1v) is 8.00. The van der Waals surface area contributed by atoms with Crippen LogP contribution in [0.3, 0.4) is 0 Å². The molecule has 4 rings (SSSR count). The highest BCUT2D eigenvalue weighted by atomic mass is 79.9. The Morgan fingerprint density at radius 3 is 3.05 bits per heavy atom. The Morgan fingerprint density at radius 2 is 2.29 bits per heavy atom. The van der Waals surface area contributed by atoms with Crippen LogP contribution in [0.25, 0.3) is 0 Å². The van der Waals surface area contributed by atoms with E-state index in [9.17, 15) is 4.39 Å². The highest BCUT2D eigenvalue weighted by Crippen LogP contribution is 2.54. The molecule has 2 atom stereocenters. The number of halogens is 3. The van der Waals surface area contributed by atoms with Gasteiger partial charge in [0, 0.05) is 31.3 Å². The zero-order valence-electron chi connectivity index (χ0n) is 11.1. The first-order valence-electron chi connectivity index (χ1n) is 6.83. The van der Waals surface area contributed by atoms with Gasteiger partial charge in [-0.15, -0.1) is 0 Å². The lowest BCUT2D eigenvalue weighted by Gasteiger charge is -2.30. The summed E-state index contributed by atoms with van der Waals surface area (Å²) in [6.07, 6.45) is 2.91. The summed E-state index contributed by atoms with van der Waals surface area (Å²) in [6.45, 7) is 1.65. The molecule has 21 heavy (non-hydrogen) atoms. The lowest BCUT2D eigenvalue weighted by atomic mass is 10.1. The zero-order valence-corrected chi connectivity index (χ0v) is 13.4. The minimum atomic E-state index is -0.313. The molecule has 0 N–H and O–H groups in total. The van der Waals surface area contributed by atoms with Crippen LogP contribution in [0.1, 0.15) is 23.6 Å². The van der Waals surface area contributed by atoms with E-state index in [0.29, 0.717) is 28.1 Å². The Bertz CT molecular complexity index is 707. The fraction of sp³-hybridized carbons (Fsp3) is 0.333. The van der Waals surface area contributed by atoms with Crippen molar-refractivity contribution in [1.82, 2.24) is 9.97 Å². The van der Waals surface area contributed by atoms with Crippen molar-refractivity contribution < 1.29 is 4.39 Å². The molecule has 3 heterocycles. The number of anilines is 1. The van der Waals surface area contributed by atoms with E-state index < -0.39 is 0 Å². The fourth-order valence-electron chi connectivity index (χ4n) is 3.03. The molecule has 0 aromatic carbocycles. The lowest BCUT2D eigenvalue weighted by molar-refractivity contribution is 0.598. The Labute approximate surface area is 135 Å². The molecule has 0 radical (unpaired) electrons. The number of nitrogens with zero attached hydrogens (tertiary/aromatic N) is 3. The molecule has 1 saturated carbocycles. The molecular formula is C15H12BrClFN3. The van der Waals surface area contributed by atoms with Gasteiger partial charge in [-0.05, 0) is 39.9 Å². The summed E-state index contributed by atoms with van der Waals surface area (Å²) in [6, 6.07) is 5.32. The number of aromatic nitrogens is 2. The first-order chi connectivity index (χ1) is 10.1. The van der Waals surface area contributed by atoms with Crippen LogP contribution < -0.4 is 4.90 Å². The van der Waals surface area contributed by atoms with E-state index in [0.717, 1.165) is 29.9 Å². The maximum atomic E-state index is 13.8. The largest absolute Gasteiger partial charge is 0.365 e. The minimum absolute atomic E-state index is 0.307. The maximum absolute atomic E-state index is 13.8. The molecule has 0 spiro atoms. The smallest absolute Gasteiger partial charge is 0.158 e. The minimum Gasteiger partial charge on any atom is -0.365 e. The number of hydrogen-bond donors (Lipinski definition) is 0. The van der Waals surface area contributed by atoms with E-state index in [2.05, 4.69) is 30.8 Å². The van der Waals surface area contributed by atoms with Crippen LogP contribution >= 0.6 is 27.5 Å². The average molecular weight is 369 g/mol. The molecule has 1 fully saturated rings. The standard InChI is InChI=1S/C15H12BrClFN3/c16-15-11(18)4-12-14(20-15)10-3-9(10)7-21(12)6-8-1-2-13(17)19-5-8/h1-2,4-5,9-10H,3,6-7H2/t9-,10-/m0/s1. The number of hydrogen-bond acceptors (Lipinski definition) is 3. The molecule has 0 saturated heterocycles. The second-order valence-electron chi connectivity index (χ2n) is 5.64. The summed E-state index contributed by atoms with van der Waals surface area (Å²) in [5, 5.41) is 0.483. The van der Waals surface area contributed by atoms with Gasteiger partial charge in [0.15, 0.2) is 5.82 Å². The fourth-order valence-corrected chi connectivity index (χ4v) is 3.45. The highest BCUT2D eigenvalue weighted by Gasteiger charge is 2.46. The molecule has 1 aliphatic carbocycles. The van der Waals surface area contributed by atoms with Gasteiger partial charge in [0.25, 0.3) is 0 Å². The molecule has 2 aromatic heterocycles. The van der Waals surface area contributed by atoms with Gasteiger partial charge in [-0.25, -0.2) is 14.4 Å². The summed E-state index contributed by atoms with van der Waals surface area (Å²) in [5.74, 6) is 0.825. The first kappa shape index (κ1) is 13.5. The molecular weight excluding hydrogens is 357 g/mol. The van der Waals surface area contributed by atoms with E-state index >= 15 is 0 Å². The molecule has 0 amide bonds. The molecule has 2 aliphatic rings. The van der Waals surface area contributed by atoms with Gasteiger partial charge in [-0.3, -0.25) is 0 Å². The lowest BCUT2D eigenvalue weighted by Crippen LogP contribution is -2.30.